The lowest BCUT2D eigenvalue weighted by atomic mass is 10.1. The van der Waals surface area contributed by atoms with E-state index >= 15 is 0 Å². The molecular weight excluding hydrogens is 264 g/mol. The molecule has 0 amide bonds. The van der Waals surface area contributed by atoms with Gasteiger partial charge in [-0.15, -0.1) is 0 Å². The molecule has 0 spiro atoms. The molecule has 2 rings (SSSR count). The predicted molar refractivity (Wildman–Crippen MR) is 84.5 cm³/mol. The molecular formula is C17H26N2O2. The van der Waals surface area contributed by atoms with Crippen molar-refractivity contribution in [1.82, 2.24) is 10.2 Å². The average Bonchev–Trinajstić information content (AvgIpc) is 2.91. The highest BCUT2D eigenvalue weighted by molar-refractivity contribution is 5.87. The van der Waals surface area contributed by atoms with E-state index in [-0.39, 0.29) is 0 Å². The summed E-state index contributed by atoms with van der Waals surface area (Å²) in [6, 6.07) is 7.84. The summed E-state index contributed by atoms with van der Waals surface area (Å²) >= 11 is 0. The van der Waals surface area contributed by atoms with Crippen LogP contribution in [0, 0.1) is 5.92 Å². The summed E-state index contributed by atoms with van der Waals surface area (Å²) in [5.74, 6) is -0.236. The molecule has 0 bridgehead atoms. The van der Waals surface area contributed by atoms with E-state index in [2.05, 4.69) is 24.1 Å². The Hall–Kier alpha value is -1.39. The summed E-state index contributed by atoms with van der Waals surface area (Å²) < 4.78 is 0. The lowest BCUT2D eigenvalue weighted by Crippen LogP contribution is -2.38. The van der Waals surface area contributed by atoms with E-state index < -0.39 is 5.97 Å². The molecule has 1 saturated heterocycles. The van der Waals surface area contributed by atoms with Crippen LogP contribution < -0.4 is 5.32 Å². The van der Waals surface area contributed by atoms with Gasteiger partial charge in [-0.25, -0.2) is 4.79 Å². The monoisotopic (exact) mass is 290 g/mol. The van der Waals surface area contributed by atoms with Gasteiger partial charge >= 0.3 is 5.97 Å². The van der Waals surface area contributed by atoms with Gasteiger partial charge in [0.1, 0.15) is 0 Å². The van der Waals surface area contributed by atoms with Gasteiger partial charge in [0, 0.05) is 25.7 Å². The molecule has 1 unspecified atom stereocenters. The minimum Gasteiger partial charge on any atom is -0.478 e. The molecule has 116 valence electrons. The van der Waals surface area contributed by atoms with Gasteiger partial charge in [0.2, 0.25) is 0 Å². The molecule has 1 aliphatic rings. The van der Waals surface area contributed by atoms with E-state index in [4.69, 9.17) is 5.11 Å². The minimum absolute atomic E-state index is 0.353. The predicted octanol–water partition coefficient (Wildman–Crippen LogP) is 2.59. The van der Waals surface area contributed by atoms with Gasteiger partial charge < -0.3 is 10.4 Å². The Labute approximate surface area is 127 Å². The van der Waals surface area contributed by atoms with Crippen molar-refractivity contribution >= 4 is 5.97 Å². The number of aromatic carboxylic acids is 1. The molecule has 1 aliphatic heterocycles. The Bertz CT molecular complexity index is 450. The SMILES string of the molecule is CC(C)CN(Cc1ccc(C(=O)O)cc1)CC1CCCN1. The van der Waals surface area contributed by atoms with E-state index in [1.165, 1.54) is 18.4 Å². The molecule has 1 atom stereocenters. The molecule has 4 nitrogen and oxygen atoms in total. The van der Waals surface area contributed by atoms with E-state index in [1.807, 2.05) is 12.1 Å². The van der Waals surface area contributed by atoms with E-state index in [9.17, 15) is 4.79 Å². The van der Waals surface area contributed by atoms with Crippen molar-refractivity contribution in [3.05, 3.63) is 35.4 Å². The Morgan fingerprint density at radius 1 is 1.38 bits per heavy atom. The van der Waals surface area contributed by atoms with Crippen LogP contribution in [-0.4, -0.2) is 41.7 Å². The van der Waals surface area contributed by atoms with E-state index in [1.54, 1.807) is 12.1 Å². The number of hydrogen-bond acceptors (Lipinski definition) is 3. The van der Waals surface area contributed by atoms with Gasteiger partial charge in [0.25, 0.3) is 0 Å². The topological polar surface area (TPSA) is 52.6 Å². The summed E-state index contributed by atoms with van der Waals surface area (Å²) in [4.78, 5) is 13.4. The first-order valence-corrected chi connectivity index (χ1v) is 7.82. The van der Waals surface area contributed by atoms with E-state index in [0.717, 1.165) is 26.2 Å². The Kier molecular flexibility index (Phi) is 5.76. The summed E-state index contributed by atoms with van der Waals surface area (Å²) in [6.07, 6.45) is 2.53. The minimum atomic E-state index is -0.865. The maximum atomic E-state index is 10.9. The van der Waals surface area contributed by atoms with Gasteiger partial charge in [-0.2, -0.15) is 0 Å². The van der Waals surface area contributed by atoms with Crippen LogP contribution in [0.3, 0.4) is 0 Å². The average molecular weight is 290 g/mol. The van der Waals surface area contributed by atoms with Crippen LogP contribution >= 0.6 is 0 Å². The second-order valence-corrected chi connectivity index (χ2v) is 6.38. The Morgan fingerprint density at radius 2 is 2.10 bits per heavy atom. The zero-order valence-electron chi connectivity index (χ0n) is 13.0. The van der Waals surface area contributed by atoms with Crippen molar-refractivity contribution < 1.29 is 9.90 Å². The zero-order chi connectivity index (χ0) is 15.2. The molecule has 1 aromatic carbocycles. The van der Waals surface area contributed by atoms with Crippen LogP contribution in [0.4, 0.5) is 0 Å². The lowest BCUT2D eigenvalue weighted by molar-refractivity contribution is 0.0697. The Balaban J connectivity index is 1.97. The zero-order valence-corrected chi connectivity index (χ0v) is 13.0. The molecule has 0 aliphatic carbocycles. The highest BCUT2D eigenvalue weighted by atomic mass is 16.4. The van der Waals surface area contributed by atoms with Crippen molar-refractivity contribution in [2.45, 2.75) is 39.3 Å². The maximum absolute atomic E-state index is 10.9. The van der Waals surface area contributed by atoms with Gasteiger partial charge in [-0.3, -0.25) is 4.90 Å². The van der Waals surface area contributed by atoms with Crippen LogP contribution in [0.5, 0.6) is 0 Å². The highest BCUT2D eigenvalue weighted by Gasteiger charge is 2.18. The third-order valence-electron chi connectivity index (χ3n) is 3.87. The second kappa shape index (κ2) is 7.57. The van der Waals surface area contributed by atoms with Crippen molar-refractivity contribution in [2.24, 2.45) is 5.92 Å². The number of benzene rings is 1. The summed E-state index contributed by atoms with van der Waals surface area (Å²) in [6.45, 7) is 8.63. The maximum Gasteiger partial charge on any atom is 0.335 e. The van der Waals surface area contributed by atoms with Crippen LogP contribution in [0.25, 0.3) is 0 Å². The second-order valence-electron chi connectivity index (χ2n) is 6.38. The van der Waals surface area contributed by atoms with Crippen molar-refractivity contribution in [3.63, 3.8) is 0 Å². The van der Waals surface area contributed by atoms with Gasteiger partial charge in [-0.05, 0) is 43.0 Å². The molecule has 1 fully saturated rings. The third-order valence-corrected chi connectivity index (χ3v) is 3.87. The van der Waals surface area contributed by atoms with Crippen molar-refractivity contribution in [3.8, 4) is 0 Å². The van der Waals surface area contributed by atoms with Crippen LogP contribution in [-0.2, 0) is 6.54 Å². The largest absolute Gasteiger partial charge is 0.478 e. The quantitative estimate of drug-likeness (QED) is 0.810. The molecule has 0 radical (unpaired) electrons. The van der Waals surface area contributed by atoms with Crippen molar-refractivity contribution in [1.29, 1.82) is 0 Å². The number of hydrogen-bond donors (Lipinski definition) is 2. The number of nitrogens with one attached hydrogen (secondary N) is 1. The molecule has 1 heterocycles. The van der Waals surface area contributed by atoms with Gasteiger partial charge in [0.05, 0.1) is 5.56 Å². The Morgan fingerprint density at radius 3 is 2.62 bits per heavy atom. The van der Waals surface area contributed by atoms with Crippen LogP contribution in [0.2, 0.25) is 0 Å². The number of rotatable bonds is 7. The van der Waals surface area contributed by atoms with E-state index in [0.29, 0.717) is 17.5 Å². The first-order chi connectivity index (χ1) is 10.0. The number of nitrogens with zero attached hydrogens (tertiary/aromatic N) is 1. The standard InChI is InChI=1S/C17H26N2O2/c1-13(2)10-19(12-16-4-3-9-18-16)11-14-5-7-15(8-6-14)17(20)21/h5-8,13,16,18H,3-4,9-12H2,1-2H3,(H,20,21). The van der Waals surface area contributed by atoms with Crippen molar-refractivity contribution in [2.75, 3.05) is 19.6 Å². The smallest absolute Gasteiger partial charge is 0.335 e. The highest BCUT2D eigenvalue weighted by Crippen LogP contribution is 2.13. The molecule has 21 heavy (non-hydrogen) atoms. The first-order valence-electron chi connectivity index (χ1n) is 7.82. The molecule has 2 N–H and O–H groups in total. The van der Waals surface area contributed by atoms with Crippen LogP contribution in [0.1, 0.15) is 42.6 Å². The first kappa shape index (κ1) is 16.0. The fraction of sp³-hybridized carbons (Fsp3) is 0.588. The summed E-state index contributed by atoms with van der Waals surface area (Å²) in [5.41, 5.74) is 1.53. The lowest BCUT2D eigenvalue weighted by Gasteiger charge is -2.27. The number of carboxylic acid groups (broad SMARTS) is 1. The number of carbonyl (C=O) groups is 1. The molecule has 0 aromatic heterocycles. The normalized spacial score (nSPS) is 18.6. The van der Waals surface area contributed by atoms with Crippen LogP contribution in [0.15, 0.2) is 24.3 Å². The fourth-order valence-electron chi connectivity index (χ4n) is 2.96. The summed E-state index contributed by atoms with van der Waals surface area (Å²) in [7, 11) is 0. The van der Waals surface area contributed by atoms with Gasteiger partial charge in [0.15, 0.2) is 0 Å². The molecule has 0 saturated carbocycles. The summed E-state index contributed by atoms with van der Waals surface area (Å²) in [5, 5.41) is 12.5. The third kappa shape index (κ3) is 5.14. The van der Waals surface area contributed by atoms with Gasteiger partial charge in [-0.1, -0.05) is 26.0 Å². The molecule has 4 heteroatoms. The number of carboxylic acids is 1. The molecule has 1 aromatic rings. The fourth-order valence-corrected chi connectivity index (χ4v) is 2.96.